The molecule has 0 radical (unpaired) electrons. The first kappa shape index (κ1) is 17.4. The molecular weight excluding hydrogens is 328 g/mol. The molecule has 1 heterocycles. The standard InChI is InChI=1S/C20H20N4O2/c25-19(7-4-12-22-20(26)16-5-2-1-3-6-16)23-17-8-10-18(11-9-17)24-14-13-21-15-24/h1-3,5-6,8-11,13-15H,4,7,12H2,(H,22,26)(H,23,25). The zero-order chi connectivity index (χ0) is 18.2. The van der Waals surface area contributed by atoms with Gasteiger partial charge < -0.3 is 15.2 Å². The van der Waals surface area contributed by atoms with Crippen LogP contribution in [-0.2, 0) is 4.79 Å². The van der Waals surface area contributed by atoms with Crippen LogP contribution in [0.15, 0.2) is 73.3 Å². The van der Waals surface area contributed by atoms with E-state index in [0.29, 0.717) is 24.9 Å². The summed E-state index contributed by atoms with van der Waals surface area (Å²) in [7, 11) is 0. The van der Waals surface area contributed by atoms with Gasteiger partial charge in [0.25, 0.3) is 5.91 Å². The van der Waals surface area contributed by atoms with Crippen LogP contribution in [0, 0.1) is 0 Å². The molecule has 0 aliphatic rings. The average Bonchev–Trinajstić information content (AvgIpc) is 3.21. The lowest BCUT2D eigenvalue weighted by molar-refractivity contribution is -0.116. The van der Waals surface area contributed by atoms with Gasteiger partial charge in [-0.05, 0) is 42.8 Å². The molecule has 132 valence electrons. The van der Waals surface area contributed by atoms with Gasteiger partial charge in [0.15, 0.2) is 0 Å². The van der Waals surface area contributed by atoms with Crippen LogP contribution in [-0.4, -0.2) is 27.9 Å². The van der Waals surface area contributed by atoms with E-state index in [2.05, 4.69) is 15.6 Å². The predicted octanol–water partition coefficient (Wildman–Crippen LogP) is 3.02. The van der Waals surface area contributed by atoms with E-state index in [9.17, 15) is 9.59 Å². The Balaban J connectivity index is 1.39. The molecule has 3 aromatic rings. The van der Waals surface area contributed by atoms with Gasteiger partial charge in [0.1, 0.15) is 0 Å². The summed E-state index contributed by atoms with van der Waals surface area (Å²) >= 11 is 0. The van der Waals surface area contributed by atoms with Gasteiger partial charge in [0.2, 0.25) is 5.91 Å². The highest BCUT2D eigenvalue weighted by atomic mass is 16.2. The van der Waals surface area contributed by atoms with Crippen LogP contribution in [0.3, 0.4) is 0 Å². The first-order valence-corrected chi connectivity index (χ1v) is 8.44. The van der Waals surface area contributed by atoms with Gasteiger partial charge in [-0.25, -0.2) is 4.98 Å². The molecule has 0 atom stereocenters. The summed E-state index contributed by atoms with van der Waals surface area (Å²) in [5.74, 6) is -0.199. The van der Waals surface area contributed by atoms with Crippen molar-refractivity contribution in [1.29, 1.82) is 0 Å². The van der Waals surface area contributed by atoms with Gasteiger partial charge in [0.05, 0.1) is 6.33 Å². The van der Waals surface area contributed by atoms with Crippen LogP contribution in [0.2, 0.25) is 0 Å². The van der Waals surface area contributed by atoms with Crippen molar-refractivity contribution in [2.24, 2.45) is 0 Å². The van der Waals surface area contributed by atoms with Crippen molar-refractivity contribution in [3.63, 3.8) is 0 Å². The molecule has 0 bridgehead atoms. The van der Waals surface area contributed by atoms with E-state index in [4.69, 9.17) is 0 Å². The maximum atomic E-state index is 12.0. The summed E-state index contributed by atoms with van der Waals surface area (Å²) in [5.41, 5.74) is 2.34. The van der Waals surface area contributed by atoms with Gasteiger partial charge >= 0.3 is 0 Å². The van der Waals surface area contributed by atoms with Crippen LogP contribution in [0.25, 0.3) is 5.69 Å². The van der Waals surface area contributed by atoms with Crippen LogP contribution in [0.1, 0.15) is 23.2 Å². The summed E-state index contributed by atoms with van der Waals surface area (Å²) in [6, 6.07) is 16.6. The quantitative estimate of drug-likeness (QED) is 0.645. The van der Waals surface area contributed by atoms with Crippen molar-refractivity contribution in [3.05, 3.63) is 78.9 Å². The lowest BCUT2D eigenvalue weighted by Gasteiger charge is -2.08. The molecule has 0 aliphatic carbocycles. The Morgan fingerprint density at radius 2 is 1.77 bits per heavy atom. The number of anilines is 1. The van der Waals surface area contributed by atoms with Crippen LogP contribution >= 0.6 is 0 Å². The fourth-order valence-electron chi connectivity index (χ4n) is 2.49. The number of nitrogens with one attached hydrogen (secondary N) is 2. The fraction of sp³-hybridized carbons (Fsp3) is 0.150. The van der Waals surface area contributed by atoms with Gasteiger partial charge in [-0.15, -0.1) is 0 Å². The van der Waals surface area contributed by atoms with Crippen molar-refractivity contribution in [1.82, 2.24) is 14.9 Å². The summed E-state index contributed by atoms with van der Waals surface area (Å²) in [6.45, 7) is 0.459. The zero-order valence-electron chi connectivity index (χ0n) is 14.3. The number of carbonyl (C=O) groups is 2. The minimum absolute atomic E-state index is 0.0747. The molecular formula is C20H20N4O2. The van der Waals surface area contributed by atoms with Crippen molar-refractivity contribution in [2.75, 3.05) is 11.9 Å². The Bertz CT molecular complexity index is 843. The predicted molar refractivity (Wildman–Crippen MR) is 100 cm³/mol. The maximum absolute atomic E-state index is 12.0. The third-order valence-corrected chi connectivity index (χ3v) is 3.86. The van der Waals surface area contributed by atoms with Crippen molar-refractivity contribution in [3.8, 4) is 5.69 Å². The van der Waals surface area contributed by atoms with Crippen molar-refractivity contribution < 1.29 is 9.59 Å². The Morgan fingerprint density at radius 1 is 1.00 bits per heavy atom. The number of imidazole rings is 1. The van der Waals surface area contributed by atoms with Crippen molar-refractivity contribution >= 4 is 17.5 Å². The summed E-state index contributed by atoms with van der Waals surface area (Å²) < 4.78 is 1.89. The second-order valence-corrected chi connectivity index (χ2v) is 5.79. The van der Waals surface area contributed by atoms with Crippen LogP contribution in [0.5, 0.6) is 0 Å². The number of carbonyl (C=O) groups excluding carboxylic acids is 2. The number of aromatic nitrogens is 2. The highest BCUT2D eigenvalue weighted by molar-refractivity contribution is 5.94. The number of hydrogen-bond acceptors (Lipinski definition) is 3. The third-order valence-electron chi connectivity index (χ3n) is 3.86. The molecule has 1 aromatic heterocycles. The van der Waals surface area contributed by atoms with Crippen LogP contribution in [0.4, 0.5) is 5.69 Å². The first-order chi connectivity index (χ1) is 12.7. The molecule has 0 fully saturated rings. The zero-order valence-corrected chi connectivity index (χ0v) is 14.3. The second kappa shape index (κ2) is 8.62. The molecule has 0 aliphatic heterocycles. The Labute approximate surface area is 151 Å². The van der Waals surface area contributed by atoms with Gasteiger partial charge in [-0.2, -0.15) is 0 Å². The van der Waals surface area contributed by atoms with Crippen LogP contribution < -0.4 is 10.6 Å². The Kier molecular flexibility index (Phi) is 5.77. The first-order valence-electron chi connectivity index (χ1n) is 8.44. The minimum Gasteiger partial charge on any atom is -0.352 e. The van der Waals surface area contributed by atoms with E-state index < -0.39 is 0 Å². The lowest BCUT2D eigenvalue weighted by Crippen LogP contribution is -2.25. The molecule has 2 amide bonds. The Morgan fingerprint density at radius 3 is 2.46 bits per heavy atom. The highest BCUT2D eigenvalue weighted by Crippen LogP contribution is 2.13. The second-order valence-electron chi connectivity index (χ2n) is 5.79. The minimum atomic E-state index is -0.124. The Hall–Kier alpha value is -3.41. The maximum Gasteiger partial charge on any atom is 0.251 e. The molecule has 3 rings (SSSR count). The third kappa shape index (κ3) is 4.80. The molecule has 0 unspecified atom stereocenters. The number of nitrogens with zero attached hydrogens (tertiary/aromatic N) is 2. The van der Waals surface area contributed by atoms with E-state index in [-0.39, 0.29) is 11.8 Å². The van der Waals surface area contributed by atoms with E-state index in [1.54, 1.807) is 24.7 Å². The van der Waals surface area contributed by atoms with Gasteiger partial charge in [-0.3, -0.25) is 9.59 Å². The molecule has 6 nitrogen and oxygen atoms in total. The smallest absolute Gasteiger partial charge is 0.251 e. The largest absolute Gasteiger partial charge is 0.352 e. The summed E-state index contributed by atoms with van der Waals surface area (Å²) in [4.78, 5) is 27.9. The molecule has 0 saturated heterocycles. The van der Waals surface area contributed by atoms with Gasteiger partial charge in [-0.1, -0.05) is 18.2 Å². The van der Waals surface area contributed by atoms with E-state index in [0.717, 1.165) is 11.4 Å². The normalized spacial score (nSPS) is 10.3. The fourth-order valence-corrected chi connectivity index (χ4v) is 2.49. The van der Waals surface area contributed by atoms with E-state index >= 15 is 0 Å². The topological polar surface area (TPSA) is 76.0 Å². The molecule has 2 N–H and O–H groups in total. The monoisotopic (exact) mass is 348 g/mol. The molecule has 6 heteroatoms. The van der Waals surface area contributed by atoms with Gasteiger partial charge in [0, 0.05) is 42.3 Å². The number of benzene rings is 2. The average molecular weight is 348 g/mol. The summed E-state index contributed by atoms with van der Waals surface area (Å²) in [6.07, 6.45) is 6.22. The van der Waals surface area contributed by atoms with E-state index in [1.807, 2.05) is 53.2 Å². The molecule has 2 aromatic carbocycles. The lowest BCUT2D eigenvalue weighted by atomic mass is 10.2. The number of rotatable bonds is 7. The molecule has 26 heavy (non-hydrogen) atoms. The number of amides is 2. The molecule has 0 spiro atoms. The number of hydrogen-bond donors (Lipinski definition) is 2. The SMILES string of the molecule is O=C(CCCNC(=O)c1ccccc1)Nc1ccc(-n2ccnc2)cc1. The van der Waals surface area contributed by atoms with Crippen molar-refractivity contribution in [2.45, 2.75) is 12.8 Å². The highest BCUT2D eigenvalue weighted by Gasteiger charge is 2.06. The van der Waals surface area contributed by atoms with E-state index in [1.165, 1.54) is 0 Å². The molecule has 0 saturated carbocycles. The summed E-state index contributed by atoms with van der Waals surface area (Å²) in [5, 5.41) is 5.67.